The number of unbranched alkanes of at least 4 members (excludes halogenated alkanes) is 1. The molecular weight excluding hydrogens is 220 g/mol. The molecule has 1 nitrogen and oxygen atoms in total. The van der Waals surface area contributed by atoms with Gasteiger partial charge in [-0.1, -0.05) is 35.6 Å². The third-order valence-electron chi connectivity index (χ3n) is 1.62. The monoisotopic (exact) mass is 236 g/mol. The first kappa shape index (κ1) is 11.4. The van der Waals surface area contributed by atoms with Crippen LogP contribution >= 0.6 is 15.9 Å². The molecular formula is C8H17BrOSi. The Balaban J connectivity index is 3.54. The molecule has 66 valence electrons. The third kappa shape index (κ3) is 5.62. The van der Waals surface area contributed by atoms with Gasteiger partial charge in [-0.25, -0.2) is 0 Å². The van der Waals surface area contributed by atoms with Crippen molar-refractivity contribution >= 4 is 29.4 Å². The highest BCUT2D eigenvalue weighted by atomic mass is 79.9. The van der Waals surface area contributed by atoms with Crippen molar-refractivity contribution < 1.29 is 4.79 Å². The Morgan fingerprint density at radius 3 is 2.18 bits per heavy atom. The van der Waals surface area contributed by atoms with Gasteiger partial charge in [0.25, 0.3) is 0 Å². The minimum Gasteiger partial charge on any atom is -0.305 e. The molecule has 0 saturated carbocycles. The van der Waals surface area contributed by atoms with Crippen LogP contribution in [0.15, 0.2) is 0 Å². The molecule has 0 radical (unpaired) electrons. The van der Waals surface area contributed by atoms with E-state index in [9.17, 15) is 4.79 Å². The predicted molar refractivity (Wildman–Crippen MR) is 56.0 cm³/mol. The van der Waals surface area contributed by atoms with Gasteiger partial charge in [0.15, 0.2) is 0 Å². The van der Waals surface area contributed by atoms with Crippen LogP contribution in [-0.4, -0.2) is 18.8 Å². The van der Waals surface area contributed by atoms with Crippen LogP contribution in [0, 0.1) is 0 Å². The molecule has 0 aromatic carbocycles. The molecule has 0 aliphatic heterocycles. The van der Waals surface area contributed by atoms with Gasteiger partial charge in [-0.05, 0) is 12.8 Å². The summed E-state index contributed by atoms with van der Waals surface area (Å²) in [5.41, 5.74) is 0. The molecule has 0 atom stereocenters. The Hall–Kier alpha value is 0.367. The largest absolute Gasteiger partial charge is 0.305 e. The lowest BCUT2D eigenvalue weighted by Crippen LogP contribution is -2.33. The van der Waals surface area contributed by atoms with Crippen LogP contribution in [-0.2, 0) is 4.79 Å². The zero-order valence-corrected chi connectivity index (χ0v) is 10.2. The molecule has 0 aromatic heterocycles. The molecule has 0 N–H and O–H groups in total. The molecule has 0 aliphatic carbocycles. The Bertz CT molecular complexity index is 129. The summed E-state index contributed by atoms with van der Waals surface area (Å²) >= 11 is 3.35. The summed E-state index contributed by atoms with van der Waals surface area (Å²) in [7, 11) is -1.46. The van der Waals surface area contributed by atoms with Crippen molar-refractivity contribution in [1.82, 2.24) is 0 Å². The van der Waals surface area contributed by atoms with Crippen molar-refractivity contribution in [2.75, 3.05) is 5.33 Å². The second-order valence-electron chi connectivity index (χ2n) is 3.82. The number of carbonyl (C=O) groups is 1. The minimum absolute atomic E-state index is 0.512. The first-order chi connectivity index (χ1) is 4.98. The van der Waals surface area contributed by atoms with E-state index in [0.717, 1.165) is 24.6 Å². The molecule has 11 heavy (non-hydrogen) atoms. The van der Waals surface area contributed by atoms with Crippen molar-refractivity contribution in [2.45, 2.75) is 38.9 Å². The second kappa shape index (κ2) is 5.09. The summed E-state index contributed by atoms with van der Waals surface area (Å²) in [6.07, 6.45) is 2.96. The number of hydrogen-bond acceptors (Lipinski definition) is 1. The number of rotatable bonds is 5. The fourth-order valence-electron chi connectivity index (χ4n) is 0.755. The van der Waals surface area contributed by atoms with E-state index in [1.54, 1.807) is 0 Å². The number of carbonyl (C=O) groups excluding carboxylic acids is 1. The zero-order valence-electron chi connectivity index (χ0n) is 7.61. The van der Waals surface area contributed by atoms with Crippen LogP contribution in [0.2, 0.25) is 19.6 Å². The molecule has 0 rings (SSSR count). The Labute approximate surface area is 78.7 Å². The highest BCUT2D eigenvalue weighted by Gasteiger charge is 2.22. The van der Waals surface area contributed by atoms with Crippen LogP contribution in [0.5, 0.6) is 0 Å². The maximum absolute atomic E-state index is 11.4. The first-order valence-electron chi connectivity index (χ1n) is 4.07. The van der Waals surface area contributed by atoms with E-state index in [1.165, 1.54) is 0 Å². The van der Waals surface area contributed by atoms with Gasteiger partial charge in [0.2, 0.25) is 0 Å². The summed E-state index contributed by atoms with van der Waals surface area (Å²) in [5.74, 6) is 0. The lowest BCUT2D eigenvalue weighted by molar-refractivity contribution is -0.112. The standard InChI is InChI=1S/C8H17BrOSi/c1-11(2,3)8(10)6-4-5-7-9/h4-7H2,1-3H3. The topological polar surface area (TPSA) is 17.1 Å². The average Bonchev–Trinajstić information content (AvgIpc) is 1.86. The maximum atomic E-state index is 11.4. The summed E-state index contributed by atoms with van der Waals surface area (Å²) in [6, 6.07) is 0. The summed E-state index contributed by atoms with van der Waals surface area (Å²) in [5, 5.41) is 1.53. The minimum atomic E-state index is -1.46. The van der Waals surface area contributed by atoms with Gasteiger partial charge in [0.1, 0.15) is 13.5 Å². The number of hydrogen-bond donors (Lipinski definition) is 0. The number of halogens is 1. The molecule has 0 aliphatic rings. The van der Waals surface area contributed by atoms with Crippen molar-refractivity contribution in [1.29, 1.82) is 0 Å². The lowest BCUT2D eigenvalue weighted by Gasteiger charge is -2.13. The molecule has 0 spiro atoms. The van der Waals surface area contributed by atoms with Crippen molar-refractivity contribution in [3.63, 3.8) is 0 Å². The highest BCUT2D eigenvalue weighted by Crippen LogP contribution is 2.08. The van der Waals surface area contributed by atoms with Crippen LogP contribution in [0.4, 0.5) is 0 Å². The van der Waals surface area contributed by atoms with E-state index >= 15 is 0 Å². The molecule has 0 bridgehead atoms. The van der Waals surface area contributed by atoms with E-state index in [-0.39, 0.29) is 0 Å². The smallest absolute Gasteiger partial charge is 0.123 e. The number of alkyl halides is 1. The van der Waals surface area contributed by atoms with Gasteiger partial charge in [-0.3, -0.25) is 0 Å². The van der Waals surface area contributed by atoms with Crippen LogP contribution in [0.3, 0.4) is 0 Å². The second-order valence-corrected chi connectivity index (χ2v) is 9.67. The Kier molecular flexibility index (Phi) is 5.26. The molecule has 0 aromatic rings. The maximum Gasteiger partial charge on any atom is 0.123 e. The van der Waals surface area contributed by atoms with Crippen molar-refractivity contribution in [3.8, 4) is 0 Å². The molecule has 0 heterocycles. The third-order valence-corrected chi connectivity index (χ3v) is 4.11. The van der Waals surface area contributed by atoms with E-state index in [1.807, 2.05) is 0 Å². The van der Waals surface area contributed by atoms with E-state index in [2.05, 4.69) is 35.6 Å². The fourth-order valence-corrected chi connectivity index (χ4v) is 2.08. The Morgan fingerprint density at radius 1 is 1.27 bits per heavy atom. The first-order valence-corrected chi connectivity index (χ1v) is 8.70. The quantitative estimate of drug-likeness (QED) is 0.408. The lowest BCUT2D eigenvalue weighted by atomic mass is 10.3. The summed E-state index contributed by atoms with van der Waals surface area (Å²) in [4.78, 5) is 11.4. The van der Waals surface area contributed by atoms with E-state index in [4.69, 9.17) is 0 Å². The van der Waals surface area contributed by atoms with Gasteiger partial charge < -0.3 is 4.79 Å². The van der Waals surface area contributed by atoms with E-state index in [0.29, 0.717) is 5.41 Å². The summed E-state index contributed by atoms with van der Waals surface area (Å²) < 4.78 is 0. The van der Waals surface area contributed by atoms with Crippen molar-refractivity contribution in [2.24, 2.45) is 0 Å². The zero-order chi connectivity index (χ0) is 8.91. The highest BCUT2D eigenvalue weighted by molar-refractivity contribution is 9.09. The normalized spacial score (nSPS) is 11.6. The molecule has 0 amide bonds. The van der Waals surface area contributed by atoms with E-state index < -0.39 is 8.07 Å². The summed E-state index contributed by atoms with van der Waals surface area (Å²) in [6.45, 7) is 6.34. The van der Waals surface area contributed by atoms with Gasteiger partial charge in [0.05, 0.1) is 0 Å². The van der Waals surface area contributed by atoms with Gasteiger partial charge in [0, 0.05) is 11.8 Å². The predicted octanol–water partition coefficient (Wildman–Crippen LogP) is 3.00. The Morgan fingerprint density at radius 2 is 1.82 bits per heavy atom. The molecule has 0 unspecified atom stereocenters. The SMILES string of the molecule is C[Si](C)(C)C(=O)CCCCBr. The molecule has 3 heteroatoms. The van der Waals surface area contributed by atoms with Gasteiger partial charge in [-0.15, -0.1) is 0 Å². The van der Waals surface area contributed by atoms with Crippen LogP contribution < -0.4 is 0 Å². The fraction of sp³-hybridized carbons (Fsp3) is 0.875. The molecule has 0 saturated heterocycles. The van der Waals surface area contributed by atoms with Gasteiger partial charge in [-0.2, -0.15) is 0 Å². The van der Waals surface area contributed by atoms with Gasteiger partial charge >= 0.3 is 0 Å². The van der Waals surface area contributed by atoms with Crippen molar-refractivity contribution in [3.05, 3.63) is 0 Å². The van der Waals surface area contributed by atoms with Crippen LogP contribution in [0.25, 0.3) is 0 Å². The molecule has 0 fully saturated rings. The van der Waals surface area contributed by atoms with Crippen LogP contribution in [0.1, 0.15) is 19.3 Å². The average molecular weight is 237 g/mol.